The summed E-state index contributed by atoms with van der Waals surface area (Å²) in [7, 11) is -0.0305. The average molecular weight is 285 g/mol. The highest BCUT2D eigenvalue weighted by Gasteiger charge is 2.00. The summed E-state index contributed by atoms with van der Waals surface area (Å²) in [5, 5.41) is 0. The van der Waals surface area contributed by atoms with E-state index >= 15 is 0 Å². The third-order valence-electron chi connectivity index (χ3n) is 1.74. The molecule has 0 amide bonds. The largest absolute Gasteiger partial charge is 0.490 e. The third kappa shape index (κ3) is 4.05. The Morgan fingerprint density at radius 1 is 1.24 bits per heavy atom. The monoisotopic (exact) mass is 285 g/mol. The first kappa shape index (κ1) is 12.4. The Bertz CT molecular complexity index is 485. The molecule has 0 radical (unpaired) electrons. The van der Waals surface area contributed by atoms with Crippen molar-refractivity contribution in [3.63, 3.8) is 0 Å². The lowest BCUT2D eigenvalue weighted by atomic mass is 10.3. The molecule has 0 aliphatic carbocycles. The lowest BCUT2D eigenvalue weighted by Gasteiger charge is -2.07. The molecule has 1 aliphatic heterocycles. The van der Waals surface area contributed by atoms with Gasteiger partial charge in [-0.15, -0.1) is 0 Å². The highest BCUT2D eigenvalue weighted by atomic mass is 31.2. The highest BCUT2D eigenvalue weighted by Crippen LogP contribution is 2.42. The van der Waals surface area contributed by atoms with E-state index in [1.54, 1.807) is 6.08 Å². The van der Waals surface area contributed by atoms with Crippen molar-refractivity contribution in [2.75, 3.05) is 6.61 Å². The van der Waals surface area contributed by atoms with Gasteiger partial charge in [0.25, 0.3) is 0 Å². The lowest BCUT2D eigenvalue weighted by molar-refractivity contribution is 0.363. The molecule has 0 N–H and O–H groups in total. The highest BCUT2D eigenvalue weighted by molar-refractivity contribution is 7.56. The SMILES string of the molecule is C=CCOc1ccc(O[PH]2=NP=NP=N2)cc1. The number of benzene rings is 1. The van der Waals surface area contributed by atoms with Crippen LogP contribution in [-0.4, -0.2) is 6.61 Å². The number of ether oxygens (including phenoxy) is 1. The van der Waals surface area contributed by atoms with E-state index in [1.807, 2.05) is 24.3 Å². The molecular weight excluding hydrogens is 275 g/mol. The third-order valence-corrected chi connectivity index (χ3v) is 4.88. The van der Waals surface area contributed by atoms with Crippen LogP contribution in [0.4, 0.5) is 0 Å². The summed E-state index contributed by atoms with van der Waals surface area (Å²) in [5.74, 6) is 1.54. The maximum Gasteiger partial charge on any atom is 0.249 e. The first-order valence-electron chi connectivity index (χ1n) is 4.79. The molecule has 0 saturated carbocycles. The van der Waals surface area contributed by atoms with Crippen LogP contribution in [0.3, 0.4) is 0 Å². The molecule has 8 heteroatoms. The standard InChI is InChI=1S/C9H10N3O2P3/c1-2-7-13-8-3-5-9(6-4-8)14-17-11-15-10-16-12-17/h2-6,17H,1,7H2. The predicted molar refractivity (Wildman–Crippen MR) is 72.2 cm³/mol. The molecule has 1 unspecified atom stereocenters. The van der Waals surface area contributed by atoms with Crippen LogP contribution in [0.5, 0.6) is 11.5 Å². The molecule has 1 atom stereocenters. The number of rotatable bonds is 5. The van der Waals surface area contributed by atoms with Gasteiger partial charge in [-0.1, -0.05) is 12.7 Å². The van der Waals surface area contributed by atoms with Gasteiger partial charge in [-0.05, 0) is 24.3 Å². The molecule has 2 rings (SSSR count). The Kier molecular flexibility index (Phi) is 4.88. The Hall–Kier alpha value is -1.01. The molecule has 0 bridgehead atoms. The summed E-state index contributed by atoms with van der Waals surface area (Å²) in [6.07, 6.45) is 1.71. The van der Waals surface area contributed by atoms with Crippen LogP contribution in [0.25, 0.3) is 0 Å². The van der Waals surface area contributed by atoms with Crippen molar-refractivity contribution in [1.29, 1.82) is 0 Å². The Morgan fingerprint density at radius 2 is 2.00 bits per heavy atom. The number of hydrogen-bond acceptors (Lipinski definition) is 5. The first-order valence-corrected chi connectivity index (χ1v) is 7.69. The molecule has 5 nitrogen and oxygen atoms in total. The second-order valence-corrected chi connectivity index (χ2v) is 6.37. The van der Waals surface area contributed by atoms with E-state index in [0.29, 0.717) is 23.7 Å². The van der Waals surface area contributed by atoms with Crippen molar-refractivity contribution in [1.82, 2.24) is 0 Å². The summed E-state index contributed by atoms with van der Waals surface area (Å²) >= 11 is 0. The fourth-order valence-electron chi connectivity index (χ4n) is 1.06. The van der Waals surface area contributed by atoms with Gasteiger partial charge >= 0.3 is 0 Å². The molecule has 1 aliphatic rings. The molecule has 0 saturated heterocycles. The van der Waals surface area contributed by atoms with Crippen LogP contribution in [0.15, 0.2) is 50.5 Å². The Balaban J connectivity index is 1.98. The van der Waals surface area contributed by atoms with Gasteiger partial charge in [0.05, 0.1) is 0 Å². The smallest absolute Gasteiger partial charge is 0.249 e. The Labute approximate surface area is 103 Å². The number of nitrogens with zero attached hydrogens (tertiary/aromatic N) is 3. The zero-order valence-electron chi connectivity index (χ0n) is 8.85. The second-order valence-electron chi connectivity index (χ2n) is 2.92. The molecule has 1 aromatic rings. The zero-order valence-corrected chi connectivity index (χ0v) is 11.6. The fraction of sp³-hybridized carbons (Fsp3) is 0.111. The van der Waals surface area contributed by atoms with Crippen molar-refractivity contribution >= 4 is 25.1 Å². The summed E-state index contributed by atoms with van der Waals surface area (Å²) in [6, 6.07) is 7.40. The summed E-state index contributed by atoms with van der Waals surface area (Å²) in [6.45, 7) is 4.09. The molecule has 88 valence electrons. The molecule has 1 heterocycles. The maximum atomic E-state index is 5.63. The lowest BCUT2D eigenvalue weighted by Crippen LogP contribution is -1.91. The van der Waals surface area contributed by atoms with E-state index in [4.69, 9.17) is 9.26 Å². The van der Waals surface area contributed by atoms with Gasteiger partial charge in [0, 0.05) is 0 Å². The second kappa shape index (κ2) is 6.66. The summed E-state index contributed by atoms with van der Waals surface area (Å²) < 4.78 is 23.3. The zero-order chi connectivity index (χ0) is 11.9. The quantitative estimate of drug-likeness (QED) is 0.567. The maximum absolute atomic E-state index is 5.63. The topological polar surface area (TPSA) is 55.5 Å². The van der Waals surface area contributed by atoms with Gasteiger partial charge in [-0.3, -0.25) is 0 Å². The minimum Gasteiger partial charge on any atom is -0.490 e. The molecule has 1 aromatic carbocycles. The molecule has 0 spiro atoms. The van der Waals surface area contributed by atoms with E-state index in [9.17, 15) is 0 Å². The van der Waals surface area contributed by atoms with Crippen molar-refractivity contribution in [2.24, 2.45) is 13.5 Å². The fourth-order valence-corrected chi connectivity index (χ4v) is 4.05. The minimum atomic E-state index is -1.46. The van der Waals surface area contributed by atoms with Gasteiger partial charge in [-0.25, -0.2) is 0 Å². The predicted octanol–water partition coefficient (Wildman–Crippen LogP) is 4.96. The van der Waals surface area contributed by atoms with Crippen molar-refractivity contribution in [3.05, 3.63) is 36.9 Å². The van der Waals surface area contributed by atoms with Gasteiger partial charge in [-0.2, -0.15) is 13.5 Å². The van der Waals surface area contributed by atoms with Crippen LogP contribution in [0, 0.1) is 0 Å². The Morgan fingerprint density at radius 3 is 2.65 bits per heavy atom. The van der Waals surface area contributed by atoms with Gasteiger partial charge in [0.2, 0.25) is 8.09 Å². The van der Waals surface area contributed by atoms with E-state index in [-0.39, 0.29) is 0 Å². The molecule has 0 aromatic heterocycles. The first-order chi connectivity index (χ1) is 8.38. The van der Waals surface area contributed by atoms with Crippen LogP contribution >= 0.6 is 25.1 Å². The van der Waals surface area contributed by atoms with E-state index < -0.39 is 8.09 Å². The van der Waals surface area contributed by atoms with Crippen LogP contribution < -0.4 is 9.26 Å². The van der Waals surface area contributed by atoms with Crippen LogP contribution in [-0.2, 0) is 0 Å². The van der Waals surface area contributed by atoms with E-state index in [0.717, 1.165) is 11.5 Å². The van der Waals surface area contributed by atoms with Gasteiger partial charge in [0.15, 0.2) is 17.0 Å². The molecular formula is C9H10N3O2P3. The summed E-state index contributed by atoms with van der Waals surface area (Å²) in [5.41, 5.74) is 0. The molecule has 17 heavy (non-hydrogen) atoms. The van der Waals surface area contributed by atoms with E-state index in [1.165, 1.54) is 0 Å². The van der Waals surface area contributed by atoms with E-state index in [2.05, 4.69) is 20.1 Å². The average Bonchev–Trinajstić information content (AvgIpc) is 2.39. The normalized spacial score (nSPS) is 19.2. The van der Waals surface area contributed by atoms with Crippen molar-refractivity contribution in [3.8, 4) is 11.5 Å². The van der Waals surface area contributed by atoms with Crippen molar-refractivity contribution in [2.45, 2.75) is 0 Å². The van der Waals surface area contributed by atoms with Crippen molar-refractivity contribution < 1.29 is 9.26 Å². The van der Waals surface area contributed by atoms with Crippen LogP contribution in [0.2, 0.25) is 0 Å². The number of hydrogen-bond donors (Lipinski definition) is 0. The molecule has 0 fully saturated rings. The van der Waals surface area contributed by atoms with Gasteiger partial charge in [0.1, 0.15) is 18.1 Å². The minimum absolute atomic E-state index is 0.499. The van der Waals surface area contributed by atoms with Crippen LogP contribution in [0.1, 0.15) is 0 Å². The van der Waals surface area contributed by atoms with Gasteiger partial charge < -0.3 is 9.26 Å². The summed E-state index contributed by atoms with van der Waals surface area (Å²) in [4.78, 5) is 0.